The second-order valence-corrected chi connectivity index (χ2v) is 9.73. The van der Waals surface area contributed by atoms with Gasteiger partial charge in [-0.2, -0.15) is 0 Å². The molecule has 0 amide bonds. The van der Waals surface area contributed by atoms with Crippen LogP contribution in [0.25, 0.3) is 0 Å². The van der Waals surface area contributed by atoms with E-state index in [0.717, 1.165) is 69.3 Å². The summed E-state index contributed by atoms with van der Waals surface area (Å²) in [6.07, 6.45) is 8.76. The molecule has 2 aromatic heterocycles. The van der Waals surface area contributed by atoms with E-state index in [1.165, 1.54) is 19.3 Å². The Bertz CT molecular complexity index is 885. The number of likely N-dealkylation sites (tertiary alicyclic amines) is 1. The van der Waals surface area contributed by atoms with Gasteiger partial charge in [0, 0.05) is 31.0 Å². The number of nitrogens with zero attached hydrogens (tertiary/aromatic N) is 6. The van der Waals surface area contributed by atoms with Gasteiger partial charge in [-0.05, 0) is 44.7 Å². The summed E-state index contributed by atoms with van der Waals surface area (Å²) in [5, 5.41) is 8.91. The fourth-order valence-electron chi connectivity index (χ4n) is 4.44. The lowest BCUT2D eigenvalue weighted by molar-refractivity contribution is 0.161. The second kappa shape index (κ2) is 8.38. The fraction of sp³-hybridized carbons (Fsp3) is 0.727. The maximum atomic E-state index is 12.5. The number of piperidine rings is 1. The maximum Gasteiger partial charge on any atom is 0.253 e. The van der Waals surface area contributed by atoms with Crippen molar-refractivity contribution in [3.05, 3.63) is 40.1 Å². The molecule has 0 bridgehead atoms. The van der Waals surface area contributed by atoms with E-state index in [-0.39, 0.29) is 11.0 Å². The molecular formula is C22H34N6O. The van der Waals surface area contributed by atoms with E-state index in [1.807, 2.05) is 0 Å². The van der Waals surface area contributed by atoms with Crippen molar-refractivity contribution in [2.75, 3.05) is 13.1 Å². The largest absolute Gasteiger partial charge is 0.314 e. The molecule has 1 fully saturated rings. The third kappa shape index (κ3) is 4.77. The van der Waals surface area contributed by atoms with Crippen LogP contribution in [0, 0.1) is 5.92 Å². The molecule has 0 spiro atoms. The molecule has 1 saturated heterocycles. The van der Waals surface area contributed by atoms with E-state index in [9.17, 15) is 4.79 Å². The average Bonchev–Trinajstić information content (AvgIpc) is 2.90. The van der Waals surface area contributed by atoms with E-state index in [2.05, 4.69) is 45.4 Å². The van der Waals surface area contributed by atoms with Crippen LogP contribution in [0.5, 0.6) is 0 Å². The van der Waals surface area contributed by atoms with Crippen LogP contribution in [0.2, 0.25) is 0 Å². The van der Waals surface area contributed by atoms with E-state index >= 15 is 0 Å². The van der Waals surface area contributed by atoms with Crippen molar-refractivity contribution in [3.8, 4) is 0 Å². The fourth-order valence-corrected chi connectivity index (χ4v) is 4.44. The highest BCUT2D eigenvalue weighted by Crippen LogP contribution is 2.22. The Balaban J connectivity index is 1.32. The van der Waals surface area contributed by atoms with Gasteiger partial charge in [0.1, 0.15) is 11.6 Å². The molecule has 2 aliphatic heterocycles. The molecule has 0 atom stereocenters. The minimum atomic E-state index is -0.0937. The minimum Gasteiger partial charge on any atom is -0.314 e. The summed E-state index contributed by atoms with van der Waals surface area (Å²) in [4.78, 5) is 19.5. The molecule has 4 heterocycles. The summed E-state index contributed by atoms with van der Waals surface area (Å²) in [6, 6.07) is 1.70. The number of hydrogen-bond donors (Lipinski definition) is 0. The smallest absolute Gasteiger partial charge is 0.253 e. The summed E-state index contributed by atoms with van der Waals surface area (Å²) >= 11 is 0. The predicted molar refractivity (Wildman–Crippen MR) is 113 cm³/mol. The van der Waals surface area contributed by atoms with E-state index < -0.39 is 0 Å². The molecule has 29 heavy (non-hydrogen) atoms. The zero-order valence-corrected chi connectivity index (χ0v) is 18.1. The molecule has 2 aliphatic rings. The first kappa shape index (κ1) is 20.3. The molecule has 0 N–H and O–H groups in total. The Kier molecular flexibility index (Phi) is 5.86. The molecule has 0 aromatic carbocycles. The van der Waals surface area contributed by atoms with Gasteiger partial charge in [0.05, 0.1) is 18.6 Å². The molecule has 7 heteroatoms. The number of aromatic nitrogens is 5. The van der Waals surface area contributed by atoms with Gasteiger partial charge in [-0.3, -0.25) is 14.3 Å². The van der Waals surface area contributed by atoms with Gasteiger partial charge < -0.3 is 4.57 Å². The summed E-state index contributed by atoms with van der Waals surface area (Å²) in [6.45, 7) is 11.1. The third-order valence-electron chi connectivity index (χ3n) is 6.36. The first-order valence-electron chi connectivity index (χ1n) is 11.1. The van der Waals surface area contributed by atoms with Crippen molar-refractivity contribution in [2.24, 2.45) is 5.92 Å². The van der Waals surface area contributed by atoms with Gasteiger partial charge >= 0.3 is 0 Å². The zero-order valence-electron chi connectivity index (χ0n) is 18.1. The summed E-state index contributed by atoms with van der Waals surface area (Å²) in [5.74, 6) is 2.82. The van der Waals surface area contributed by atoms with Gasteiger partial charge in [-0.25, -0.2) is 4.98 Å². The Morgan fingerprint density at radius 2 is 1.86 bits per heavy atom. The lowest BCUT2D eigenvalue weighted by Crippen LogP contribution is -2.36. The molecule has 0 radical (unpaired) electrons. The van der Waals surface area contributed by atoms with Crippen molar-refractivity contribution in [2.45, 2.75) is 84.3 Å². The van der Waals surface area contributed by atoms with E-state index in [1.54, 1.807) is 17.0 Å². The van der Waals surface area contributed by atoms with Gasteiger partial charge in [-0.1, -0.05) is 27.2 Å². The van der Waals surface area contributed by atoms with Gasteiger partial charge in [0.2, 0.25) is 0 Å². The molecule has 2 aromatic rings. The highest BCUT2D eigenvalue weighted by molar-refractivity contribution is 5.10. The number of hydrogen-bond acceptors (Lipinski definition) is 5. The Morgan fingerprint density at radius 3 is 2.59 bits per heavy atom. The van der Waals surface area contributed by atoms with Gasteiger partial charge in [-0.15, -0.1) is 10.2 Å². The third-order valence-corrected chi connectivity index (χ3v) is 6.36. The highest BCUT2D eigenvalue weighted by Gasteiger charge is 2.23. The molecule has 7 nitrogen and oxygen atoms in total. The van der Waals surface area contributed by atoms with E-state index in [4.69, 9.17) is 0 Å². The van der Waals surface area contributed by atoms with Gasteiger partial charge in [0.15, 0.2) is 0 Å². The van der Waals surface area contributed by atoms with Crippen LogP contribution < -0.4 is 5.56 Å². The summed E-state index contributed by atoms with van der Waals surface area (Å²) < 4.78 is 4.13. The van der Waals surface area contributed by atoms with Crippen LogP contribution in [0.4, 0.5) is 0 Å². The number of aryl methyl sites for hydroxylation is 1. The van der Waals surface area contributed by atoms with Crippen LogP contribution in [-0.4, -0.2) is 42.3 Å². The predicted octanol–water partition coefficient (Wildman–Crippen LogP) is 2.77. The Morgan fingerprint density at radius 1 is 1.07 bits per heavy atom. The molecule has 4 rings (SSSR count). The van der Waals surface area contributed by atoms with Crippen LogP contribution in [0.3, 0.4) is 0 Å². The lowest BCUT2D eigenvalue weighted by atomic mass is 9.92. The minimum absolute atomic E-state index is 0.0681. The number of fused-ring (bicyclic) bond motifs is 1. The topological polar surface area (TPSA) is 68.8 Å². The van der Waals surface area contributed by atoms with E-state index in [0.29, 0.717) is 5.92 Å². The van der Waals surface area contributed by atoms with Crippen LogP contribution in [0.15, 0.2) is 17.2 Å². The van der Waals surface area contributed by atoms with Crippen molar-refractivity contribution in [1.29, 1.82) is 0 Å². The number of rotatable bonds is 4. The molecule has 0 saturated carbocycles. The normalized spacial score (nSPS) is 19.1. The van der Waals surface area contributed by atoms with Crippen molar-refractivity contribution in [1.82, 2.24) is 29.2 Å². The molecule has 0 aliphatic carbocycles. The first-order chi connectivity index (χ1) is 13.9. The van der Waals surface area contributed by atoms with Gasteiger partial charge in [0.25, 0.3) is 5.56 Å². The standard InChI is InChI=1S/C22H34N6O/c1-22(2,3)18-13-21(29)27(16-23-18)14-17-8-11-26(12-9-17)15-20-25-24-19-7-5-4-6-10-28(19)20/h13,16-17H,4-12,14-15H2,1-3H3. The first-order valence-corrected chi connectivity index (χ1v) is 11.1. The van der Waals surface area contributed by atoms with Crippen molar-refractivity contribution < 1.29 is 0 Å². The van der Waals surface area contributed by atoms with Crippen LogP contribution in [-0.2, 0) is 31.5 Å². The maximum absolute atomic E-state index is 12.5. The highest BCUT2D eigenvalue weighted by atomic mass is 16.1. The van der Waals surface area contributed by atoms with Crippen LogP contribution in [0.1, 0.15) is 70.2 Å². The van der Waals surface area contributed by atoms with Crippen molar-refractivity contribution >= 4 is 0 Å². The SMILES string of the molecule is CC(C)(C)c1cc(=O)n(CC2CCN(Cc3nnc4n3CCCCC4)CC2)cn1. The zero-order chi connectivity index (χ0) is 20.4. The Hall–Kier alpha value is -2.02. The molecular weight excluding hydrogens is 364 g/mol. The molecule has 158 valence electrons. The average molecular weight is 399 g/mol. The quantitative estimate of drug-likeness (QED) is 0.792. The summed E-state index contributed by atoms with van der Waals surface area (Å²) in [7, 11) is 0. The summed E-state index contributed by atoms with van der Waals surface area (Å²) in [5.41, 5.74) is 0.836. The Labute approximate surface area is 173 Å². The second-order valence-electron chi connectivity index (χ2n) is 9.73. The monoisotopic (exact) mass is 398 g/mol. The van der Waals surface area contributed by atoms with Crippen LogP contribution >= 0.6 is 0 Å². The van der Waals surface area contributed by atoms with Crippen molar-refractivity contribution in [3.63, 3.8) is 0 Å². The molecule has 0 unspecified atom stereocenters. The lowest BCUT2D eigenvalue weighted by Gasteiger charge is -2.32.